The van der Waals surface area contributed by atoms with Crippen molar-refractivity contribution in [2.24, 2.45) is 0 Å². The van der Waals surface area contributed by atoms with Crippen LogP contribution in [0.4, 0.5) is 15.9 Å². The van der Waals surface area contributed by atoms with Crippen LogP contribution in [0.5, 0.6) is 11.5 Å². The van der Waals surface area contributed by atoms with Gasteiger partial charge < -0.3 is 25.2 Å². The van der Waals surface area contributed by atoms with Crippen LogP contribution in [0, 0.1) is 5.82 Å². The predicted octanol–water partition coefficient (Wildman–Crippen LogP) is 4.62. The summed E-state index contributed by atoms with van der Waals surface area (Å²) in [6, 6.07) is 16.8. The fraction of sp³-hybridized carbons (Fsp3) is 0.192. The van der Waals surface area contributed by atoms with Gasteiger partial charge in [-0.1, -0.05) is 29.8 Å². The lowest BCUT2D eigenvalue weighted by molar-refractivity contribution is -0.128. The van der Waals surface area contributed by atoms with E-state index in [-0.39, 0.29) is 25.6 Å². The van der Waals surface area contributed by atoms with Crippen LogP contribution in [0.2, 0.25) is 5.02 Å². The summed E-state index contributed by atoms with van der Waals surface area (Å²) in [6.07, 6.45) is 0.353. The van der Waals surface area contributed by atoms with Gasteiger partial charge in [0.1, 0.15) is 48.8 Å². The first-order valence-corrected chi connectivity index (χ1v) is 11.5. The number of carbonyl (C=O) groups excluding carboxylic acids is 1. The minimum atomic E-state index is -1.09. The molecule has 10 heteroatoms. The van der Waals surface area contributed by atoms with E-state index in [1.165, 1.54) is 25.4 Å². The Morgan fingerprint density at radius 2 is 1.92 bits per heavy atom. The van der Waals surface area contributed by atoms with Crippen LogP contribution in [-0.4, -0.2) is 40.2 Å². The van der Waals surface area contributed by atoms with Gasteiger partial charge in [-0.15, -0.1) is 0 Å². The van der Waals surface area contributed by atoms with Crippen molar-refractivity contribution in [1.82, 2.24) is 15.3 Å². The van der Waals surface area contributed by atoms with Crippen molar-refractivity contribution >= 4 is 39.9 Å². The van der Waals surface area contributed by atoms with Crippen molar-refractivity contribution in [3.05, 3.63) is 83.4 Å². The largest absolute Gasteiger partial charge is 0.491 e. The predicted molar refractivity (Wildman–Crippen MR) is 135 cm³/mol. The average molecular weight is 511 g/mol. The van der Waals surface area contributed by atoms with E-state index >= 15 is 0 Å². The highest BCUT2D eigenvalue weighted by Gasteiger charge is 2.13. The molecule has 1 atom stereocenters. The number of halogens is 2. The van der Waals surface area contributed by atoms with Gasteiger partial charge in [-0.05, 0) is 55.0 Å². The number of fused-ring (bicyclic) bond motifs is 1. The summed E-state index contributed by atoms with van der Waals surface area (Å²) in [5.41, 5.74) is 2.02. The Hall–Kier alpha value is -3.95. The molecule has 1 heterocycles. The number of hydrogen-bond acceptors (Lipinski definition) is 7. The van der Waals surface area contributed by atoms with E-state index < -0.39 is 12.0 Å². The summed E-state index contributed by atoms with van der Waals surface area (Å²) in [5.74, 6) is 0.701. The number of ether oxygens (including phenoxy) is 2. The average Bonchev–Trinajstić information content (AvgIpc) is 2.86. The molecule has 4 aromatic rings. The number of carbonyl (C=O) groups is 1. The molecule has 1 unspecified atom stereocenters. The highest BCUT2D eigenvalue weighted by atomic mass is 35.5. The molecule has 36 heavy (non-hydrogen) atoms. The summed E-state index contributed by atoms with van der Waals surface area (Å²) in [5, 5.41) is 16.1. The first kappa shape index (κ1) is 25.2. The van der Waals surface area contributed by atoms with Crippen molar-refractivity contribution in [1.29, 1.82) is 0 Å². The van der Waals surface area contributed by atoms with Gasteiger partial charge in [0, 0.05) is 5.69 Å². The number of hydrogen-bond donors (Lipinski definition) is 3. The number of nitrogens with one attached hydrogen (secondary N) is 2. The zero-order valence-corrected chi connectivity index (χ0v) is 20.1. The Labute approximate surface area is 212 Å². The van der Waals surface area contributed by atoms with E-state index in [2.05, 4.69) is 20.6 Å². The minimum absolute atomic E-state index is 0.180. The first-order chi connectivity index (χ1) is 17.4. The Morgan fingerprint density at radius 1 is 1.08 bits per heavy atom. The number of aliphatic hydroxyl groups is 1. The third-order valence-corrected chi connectivity index (χ3v) is 5.44. The molecule has 8 nitrogen and oxygen atoms in total. The molecule has 0 fully saturated rings. The van der Waals surface area contributed by atoms with Gasteiger partial charge in [0.15, 0.2) is 0 Å². The van der Waals surface area contributed by atoms with Gasteiger partial charge in [-0.3, -0.25) is 4.79 Å². The second kappa shape index (κ2) is 11.7. The summed E-state index contributed by atoms with van der Waals surface area (Å²) in [4.78, 5) is 20.2. The summed E-state index contributed by atoms with van der Waals surface area (Å²) < 4.78 is 25.0. The monoisotopic (exact) mass is 510 g/mol. The highest BCUT2D eigenvalue weighted by Crippen LogP contribution is 2.34. The van der Waals surface area contributed by atoms with Crippen LogP contribution >= 0.6 is 11.6 Å². The van der Waals surface area contributed by atoms with Crippen LogP contribution in [0.3, 0.4) is 0 Å². The van der Waals surface area contributed by atoms with Gasteiger partial charge in [0.05, 0.1) is 22.5 Å². The van der Waals surface area contributed by atoms with Crippen LogP contribution in [0.1, 0.15) is 12.5 Å². The molecular weight excluding hydrogens is 487 g/mol. The molecular formula is C26H24ClFN4O4. The maximum absolute atomic E-state index is 13.4. The Balaban J connectivity index is 1.47. The summed E-state index contributed by atoms with van der Waals surface area (Å²) in [6.45, 7) is 1.99. The summed E-state index contributed by atoms with van der Waals surface area (Å²) in [7, 11) is 0. The molecule has 0 saturated heterocycles. The van der Waals surface area contributed by atoms with Crippen LogP contribution in [-0.2, 0) is 11.4 Å². The van der Waals surface area contributed by atoms with Crippen molar-refractivity contribution in [2.45, 2.75) is 19.6 Å². The molecule has 1 aromatic heterocycles. The molecule has 0 aliphatic heterocycles. The molecule has 0 saturated carbocycles. The molecule has 0 spiro atoms. The molecule has 0 radical (unpaired) electrons. The quantitative estimate of drug-likeness (QED) is 0.267. The number of nitrogens with zero attached hydrogens (tertiary/aromatic N) is 2. The van der Waals surface area contributed by atoms with E-state index in [4.69, 9.17) is 21.1 Å². The number of rotatable bonds is 10. The first-order valence-electron chi connectivity index (χ1n) is 11.2. The molecule has 4 rings (SSSR count). The van der Waals surface area contributed by atoms with E-state index in [0.717, 1.165) is 0 Å². The van der Waals surface area contributed by atoms with E-state index in [0.29, 0.717) is 44.5 Å². The van der Waals surface area contributed by atoms with Crippen molar-refractivity contribution in [2.75, 3.05) is 18.5 Å². The van der Waals surface area contributed by atoms with E-state index in [9.17, 15) is 14.3 Å². The highest BCUT2D eigenvalue weighted by molar-refractivity contribution is 6.32. The molecule has 1 amide bonds. The van der Waals surface area contributed by atoms with E-state index in [1.54, 1.807) is 36.4 Å². The standard InChI is InChI=1S/C26H24ClFN4O4/c1-16(33)26(34)29-10-11-35-23-7-3-6-21-24(23)25(31-15-30-21)32-19-8-9-22(20(27)13-19)36-14-17-4-2-5-18(28)12-17/h2-9,12-13,15-16,33H,10-11,14H2,1H3,(H,29,34)(H,30,31,32). The fourth-order valence-electron chi connectivity index (χ4n) is 3.40. The van der Waals surface area contributed by atoms with E-state index in [1.807, 2.05) is 12.1 Å². The normalized spacial score (nSPS) is 11.7. The van der Waals surface area contributed by atoms with Crippen LogP contribution in [0.25, 0.3) is 10.9 Å². The topological polar surface area (TPSA) is 106 Å². The Bertz CT molecular complexity index is 1360. The molecule has 3 aromatic carbocycles. The lowest BCUT2D eigenvalue weighted by atomic mass is 10.2. The number of aliphatic hydroxyl groups excluding tert-OH is 1. The lowest BCUT2D eigenvalue weighted by Gasteiger charge is -2.14. The maximum atomic E-state index is 13.4. The van der Waals surface area contributed by atoms with Gasteiger partial charge in [0.25, 0.3) is 0 Å². The van der Waals surface area contributed by atoms with Crippen molar-refractivity contribution in [3.8, 4) is 11.5 Å². The maximum Gasteiger partial charge on any atom is 0.248 e. The van der Waals surface area contributed by atoms with Gasteiger partial charge in [0.2, 0.25) is 5.91 Å². The minimum Gasteiger partial charge on any atom is -0.491 e. The second-order valence-electron chi connectivity index (χ2n) is 7.88. The van der Waals surface area contributed by atoms with Crippen molar-refractivity contribution in [3.63, 3.8) is 0 Å². The van der Waals surface area contributed by atoms with Gasteiger partial charge >= 0.3 is 0 Å². The molecule has 0 aliphatic carbocycles. The number of amides is 1. The van der Waals surface area contributed by atoms with Crippen LogP contribution < -0.4 is 20.1 Å². The van der Waals surface area contributed by atoms with Crippen molar-refractivity contribution < 1.29 is 23.8 Å². The third kappa shape index (κ3) is 6.38. The number of aromatic nitrogens is 2. The SMILES string of the molecule is CC(O)C(=O)NCCOc1cccc2ncnc(Nc3ccc(OCc4cccc(F)c4)c(Cl)c3)c12. The Kier molecular flexibility index (Phi) is 8.14. The molecule has 0 bridgehead atoms. The number of benzene rings is 3. The lowest BCUT2D eigenvalue weighted by Crippen LogP contribution is -2.35. The van der Waals surface area contributed by atoms with Gasteiger partial charge in [-0.25, -0.2) is 14.4 Å². The Morgan fingerprint density at radius 3 is 2.69 bits per heavy atom. The summed E-state index contributed by atoms with van der Waals surface area (Å²) >= 11 is 6.43. The smallest absolute Gasteiger partial charge is 0.248 e. The second-order valence-corrected chi connectivity index (χ2v) is 8.28. The number of anilines is 2. The molecule has 0 aliphatic rings. The zero-order chi connectivity index (χ0) is 25.5. The van der Waals surface area contributed by atoms with Crippen LogP contribution in [0.15, 0.2) is 67.0 Å². The van der Waals surface area contributed by atoms with Gasteiger partial charge in [-0.2, -0.15) is 0 Å². The fourth-order valence-corrected chi connectivity index (χ4v) is 3.63. The molecule has 186 valence electrons. The zero-order valence-electron chi connectivity index (χ0n) is 19.4. The third-order valence-electron chi connectivity index (χ3n) is 5.14. The molecule has 3 N–H and O–H groups in total.